The van der Waals surface area contributed by atoms with E-state index in [-0.39, 0.29) is 10.6 Å². The molecule has 0 fully saturated rings. The van der Waals surface area contributed by atoms with Crippen LogP contribution < -0.4 is 5.73 Å². The fraction of sp³-hybridized carbons (Fsp3) is 0.500. The molecule has 7 heteroatoms. The highest BCUT2D eigenvalue weighted by Crippen LogP contribution is 2.22. The smallest absolute Gasteiger partial charge is 0.244 e. The maximum atomic E-state index is 13.2. The molecule has 0 aliphatic heterocycles. The van der Waals surface area contributed by atoms with Crippen LogP contribution in [-0.2, 0) is 10.0 Å². The van der Waals surface area contributed by atoms with Crippen molar-refractivity contribution < 1.29 is 12.8 Å². The maximum absolute atomic E-state index is 13.2. The van der Waals surface area contributed by atoms with Crippen LogP contribution in [0.5, 0.6) is 0 Å². The van der Waals surface area contributed by atoms with Crippen LogP contribution in [0.15, 0.2) is 23.1 Å². The second-order valence-corrected chi connectivity index (χ2v) is 6.68. The number of sulfonamides is 1. The van der Waals surface area contributed by atoms with E-state index in [1.165, 1.54) is 17.4 Å². The molecule has 108 valence electrons. The Balaban J connectivity index is 2.88. The summed E-state index contributed by atoms with van der Waals surface area (Å²) in [5.41, 5.74) is 5.67. The van der Waals surface area contributed by atoms with E-state index in [4.69, 9.17) is 5.73 Å². The average molecular weight is 289 g/mol. The molecule has 1 rings (SSSR count). The minimum Gasteiger partial charge on any atom is -0.398 e. The maximum Gasteiger partial charge on any atom is 0.244 e. The van der Waals surface area contributed by atoms with Gasteiger partial charge in [0.05, 0.1) is 5.69 Å². The number of nitrogens with zero attached hydrogens (tertiary/aromatic N) is 2. The van der Waals surface area contributed by atoms with Crippen molar-refractivity contribution >= 4 is 15.7 Å². The average Bonchev–Trinajstić information content (AvgIpc) is 2.31. The predicted octanol–water partition coefficient (Wildman–Crippen LogP) is 0.980. The normalized spacial score (nSPS) is 12.3. The van der Waals surface area contributed by atoms with E-state index in [2.05, 4.69) is 0 Å². The van der Waals surface area contributed by atoms with Gasteiger partial charge < -0.3 is 10.6 Å². The molecule has 0 radical (unpaired) electrons. The van der Waals surface area contributed by atoms with Gasteiger partial charge in [0.2, 0.25) is 10.0 Å². The Bertz CT molecular complexity index is 532. The molecule has 19 heavy (non-hydrogen) atoms. The highest BCUT2D eigenvalue weighted by molar-refractivity contribution is 7.89. The van der Waals surface area contributed by atoms with Gasteiger partial charge in [0.25, 0.3) is 0 Å². The summed E-state index contributed by atoms with van der Waals surface area (Å²) in [4.78, 5) is 1.79. The number of nitrogens with two attached hydrogens (primary N) is 1. The Hall–Kier alpha value is -1.18. The van der Waals surface area contributed by atoms with Gasteiger partial charge in [-0.15, -0.1) is 0 Å². The van der Waals surface area contributed by atoms with Crippen molar-refractivity contribution in [3.63, 3.8) is 0 Å². The Morgan fingerprint density at radius 3 is 2.42 bits per heavy atom. The SMILES string of the molecule is CN(C)CCCN(C)S(=O)(=O)c1cc(F)ccc1N. The Morgan fingerprint density at radius 1 is 1.21 bits per heavy atom. The molecule has 0 unspecified atom stereocenters. The molecule has 0 heterocycles. The molecule has 0 bridgehead atoms. The summed E-state index contributed by atoms with van der Waals surface area (Å²) in [6.45, 7) is 1.13. The van der Waals surface area contributed by atoms with E-state index >= 15 is 0 Å². The second kappa shape index (κ2) is 6.31. The van der Waals surface area contributed by atoms with Crippen LogP contribution in [0.2, 0.25) is 0 Å². The fourth-order valence-corrected chi connectivity index (χ4v) is 2.96. The van der Waals surface area contributed by atoms with Crippen molar-refractivity contribution in [2.45, 2.75) is 11.3 Å². The number of nitrogen functional groups attached to an aromatic ring is 1. The zero-order valence-electron chi connectivity index (χ0n) is 11.4. The number of hydrogen-bond acceptors (Lipinski definition) is 4. The lowest BCUT2D eigenvalue weighted by Crippen LogP contribution is -2.30. The number of halogens is 1. The molecule has 0 aliphatic rings. The molecule has 0 aliphatic carbocycles. The minimum absolute atomic E-state index is 0.0564. The molecule has 5 nitrogen and oxygen atoms in total. The van der Waals surface area contributed by atoms with E-state index in [0.717, 1.165) is 18.7 Å². The summed E-state index contributed by atoms with van der Waals surface area (Å²) in [6, 6.07) is 3.35. The van der Waals surface area contributed by atoms with Gasteiger partial charge in [0.1, 0.15) is 10.7 Å². The first kappa shape index (κ1) is 15.9. The van der Waals surface area contributed by atoms with Gasteiger partial charge in [0, 0.05) is 13.6 Å². The molecule has 0 saturated heterocycles. The topological polar surface area (TPSA) is 66.6 Å². The third-order valence-electron chi connectivity index (χ3n) is 2.74. The summed E-state index contributed by atoms with van der Waals surface area (Å²) in [5, 5.41) is 0. The first-order valence-electron chi connectivity index (χ1n) is 5.91. The summed E-state index contributed by atoms with van der Waals surface area (Å²) in [6.07, 6.45) is 0.692. The number of benzene rings is 1. The third kappa shape index (κ3) is 4.15. The highest BCUT2D eigenvalue weighted by atomic mass is 32.2. The molecule has 1 aromatic rings. The van der Waals surface area contributed by atoms with Crippen LogP contribution in [-0.4, -0.2) is 51.9 Å². The van der Waals surface area contributed by atoms with Crippen molar-refractivity contribution in [2.75, 3.05) is 40.0 Å². The first-order valence-corrected chi connectivity index (χ1v) is 7.35. The number of rotatable bonds is 6. The summed E-state index contributed by atoms with van der Waals surface area (Å²) in [5.74, 6) is -0.616. The molecule has 2 N–H and O–H groups in total. The molecule has 0 saturated carbocycles. The molecule has 0 aromatic heterocycles. The monoisotopic (exact) mass is 289 g/mol. The Kier molecular flexibility index (Phi) is 5.28. The van der Waals surface area contributed by atoms with Gasteiger partial charge in [-0.3, -0.25) is 0 Å². The van der Waals surface area contributed by atoms with Crippen molar-refractivity contribution in [3.05, 3.63) is 24.0 Å². The van der Waals surface area contributed by atoms with E-state index in [0.29, 0.717) is 13.0 Å². The number of hydrogen-bond donors (Lipinski definition) is 1. The van der Waals surface area contributed by atoms with E-state index in [1.54, 1.807) is 0 Å². The van der Waals surface area contributed by atoms with Gasteiger partial charge >= 0.3 is 0 Å². The molecular formula is C12H20FN3O2S. The van der Waals surface area contributed by atoms with E-state index in [9.17, 15) is 12.8 Å². The van der Waals surface area contributed by atoms with Gasteiger partial charge in [-0.1, -0.05) is 0 Å². The van der Waals surface area contributed by atoms with Crippen molar-refractivity contribution in [2.24, 2.45) is 0 Å². The molecule has 1 aromatic carbocycles. The fourth-order valence-electron chi connectivity index (χ4n) is 1.63. The summed E-state index contributed by atoms with van der Waals surface area (Å²) < 4.78 is 38.8. The molecule has 0 amide bonds. The largest absolute Gasteiger partial charge is 0.398 e. The van der Waals surface area contributed by atoms with Gasteiger partial charge in [-0.2, -0.15) is 0 Å². The summed E-state index contributed by atoms with van der Waals surface area (Å²) in [7, 11) is 1.56. The van der Waals surface area contributed by atoms with E-state index < -0.39 is 15.8 Å². The first-order chi connectivity index (χ1) is 8.75. The molecular weight excluding hydrogens is 269 g/mol. The highest BCUT2D eigenvalue weighted by Gasteiger charge is 2.23. The van der Waals surface area contributed by atoms with Gasteiger partial charge in [-0.25, -0.2) is 17.1 Å². The quantitative estimate of drug-likeness (QED) is 0.793. The number of anilines is 1. The van der Waals surface area contributed by atoms with E-state index in [1.807, 2.05) is 19.0 Å². The van der Waals surface area contributed by atoms with Crippen molar-refractivity contribution in [1.82, 2.24) is 9.21 Å². The minimum atomic E-state index is -3.74. The van der Waals surface area contributed by atoms with Crippen LogP contribution in [0, 0.1) is 5.82 Å². The van der Waals surface area contributed by atoms with Crippen LogP contribution in [0.3, 0.4) is 0 Å². The van der Waals surface area contributed by atoms with Gasteiger partial charge in [-0.05, 0) is 45.3 Å². The third-order valence-corrected chi connectivity index (χ3v) is 4.65. The Labute approximate surface area is 113 Å². The summed E-state index contributed by atoms with van der Waals surface area (Å²) >= 11 is 0. The second-order valence-electron chi connectivity index (χ2n) is 4.67. The zero-order chi connectivity index (χ0) is 14.6. The van der Waals surface area contributed by atoms with Gasteiger partial charge in [0.15, 0.2) is 0 Å². The van der Waals surface area contributed by atoms with Crippen LogP contribution >= 0.6 is 0 Å². The lowest BCUT2D eigenvalue weighted by atomic mass is 10.3. The Morgan fingerprint density at radius 2 is 1.84 bits per heavy atom. The lowest BCUT2D eigenvalue weighted by molar-refractivity contribution is 0.370. The van der Waals surface area contributed by atoms with Crippen LogP contribution in [0.25, 0.3) is 0 Å². The van der Waals surface area contributed by atoms with Crippen molar-refractivity contribution in [1.29, 1.82) is 0 Å². The standard InChI is InChI=1S/C12H20FN3O2S/c1-15(2)7-4-8-16(3)19(17,18)12-9-10(13)5-6-11(12)14/h5-6,9H,4,7-8,14H2,1-3H3. The molecule has 0 atom stereocenters. The van der Waals surface area contributed by atoms with Crippen LogP contribution in [0.1, 0.15) is 6.42 Å². The van der Waals surface area contributed by atoms with Crippen molar-refractivity contribution in [3.8, 4) is 0 Å². The zero-order valence-corrected chi connectivity index (χ0v) is 12.2. The predicted molar refractivity (Wildman–Crippen MR) is 73.8 cm³/mol. The molecule has 0 spiro atoms. The lowest BCUT2D eigenvalue weighted by Gasteiger charge is -2.19. The van der Waals surface area contributed by atoms with Crippen LogP contribution in [0.4, 0.5) is 10.1 Å².